The van der Waals surface area contributed by atoms with E-state index in [0.29, 0.717) is 24.5 Å². The number of rotatable bonds is 7. The first-order chi connectivity index (χ1) is 10.3. The van der Waals surface area contributed by atoms with Gasteiger partial charge in [-0.1, -0.05) is 13.0 Å². The van der Waals surface area contributed by atoms with Crippen molar-refractivity contribution in [2.24, 2.45) is 0 Å². The number of hydrogen-bond acceptors (Lipinski definition) is 5. The Labute approximate surface area is 124 Å². The van der Waals surface area contributed by atoms with Gasteiger partial charge in [-0.3, -0.25) is 9.78 Å². The van der Waals surface area contributed by atoms with E-state index in [1.165, 1.54) is 0 Å². The summed E-state index contributed by atoms with van der Waals surface area (Å²) in [6, 6.07) is 9.15. The lowest BCUT2D eigenvalue weighted by Crippen LogP contribution is -2.27. The van der Waals surface area contributed by atoms with Gasteiger partial charge < -0.3 is 10.6 Å². The minimum Gasteiger partial charge on any atom is -0.369 e. The molecule has 0 fully saturated rings. The predicted molar refractivity (Wildman–Crippen MR) is 81.1 cm³/mol. The summed E-state index contributed by atoms with van der Waals surface area (Å²) in [5.41, 5.74) is 1.26. The van der Waals surface area contributed by atoms with Gasteiger partial charge in [0.2, 0.25) is 0 Å². The van der Waals surface area contributed by atoms with E-state index in [1.807, 2.05) is 18.2 Å². The van der Waals surface area contributed by atoms with E-state index >= 15 is 0 Å². The highest BCUT2D eigenvalue weighted by atomic mass is 16.1. The Morgan fingerprint density at radius 3 is 2.71 bits per heavy atom. The summed E-state index contributed by atoms with van der Waals surface area (Å²) in [4.78, 5) is 16.1. The molecule has 2 heterocycles. The fraction of sp³-hybridized carbons (Fsp3) is 0.333. The van der Waals surface area contributed by atoms with Gasteiger partial charge in [-0.05, 0) is 30.7 Å². The van der Waals surface area contributed by atoms with E-state index in [-0.39, 0.29) is 5.91 Å². The molecule has 110 valence electrons. The molecule has 0 aliphatic rings. The number of nitrogens with one attached hydrogen (secondary N) is 2. The van der Waals surface area contributed by atoms with Crippen molar-refractivity contribution >= 4 is 11.7 Å². The number of carbonyl (C=O) groups excluding carboxylic acids is 1. The summed E-state index contributed by atoms with van der Waals surface area (Å²) >= 11 is 0. The number of hydrogen-bond donors (Lipinski definition) is 2. The van der Waals surface area contributed by atoms with E-state index in [9.17, 15) is 4.79 Å². The Bertz CT molecular complexity index is 556. The molecule has 1 amide bonds. The number of carbonyl (C=O) groups is 1. The zero-order chi connectivity index (χ0) is 14.9. The average molecular weight is 285 g/mol. The van der Waals surface area contributed by atoms with Crippen molar-refractivity contribution in [3.8, 4) is 0 Å². The van der Waals surface area contributed by atoms with Gasteiger partial charge in [0.05, 0.1) is 0 Å². The second kappa shape index (κ2) is 7.94. The maximum Gasteiger partial charge on any atom is 0.271 e. The lowest BCUT2D eigenvalue weighted by molar-refractivity contribution is 0.0948. The quantitative estimate of drug-likeness (QED) is 0.809. The van der Waals surface area contributed by atoms with Crippen molar-refractivity contribution in [2.45, 2.75) is 19.8 Å². The molecule has 0 radical (unpaired) electrons. The van der Waals surface area contributed by atoms with Crippen LogP contribution >= 0.6 is 0 Å². The molecule has 0 saturated heterocycles. The number of amides is 1. The van der Waals surface area contributed by atoms with Gasteiger partial charge in [0.1, 0.15) is 5.82 Å². The summed E-state index contributed by atoms with van der Waals surface area (Å²) in [5, 5.41) is 13.8. The van der Waals surface area contributed by atoms with Crippen molar-refractivity contribution in [1.82, 2.24) is 20.5 Å². The summed E-state index contributed by atoms with van der Waals surface area (Å²) in [6.07, 6.45) is 3.44. The molecule has 21 heavy (non-hydrogen) atoms. The molecule has 0 unspecified atom stereocenters. The average Bonchev–Trinajstić information content (AvgIpc) is 2.54. The number of nitrogens with zero attached hydrogens (tertiary/aromatic N) is 3. The van der Waals surface area contributed by atoms with Crippen LogP contribution in [0.2, 0.25) is 0 Å². The first kappa shape index (κ1) is 14.9. The van der Waals surface area contributed by atoms with Crippen molar-refractivity contribution < 1.29 is 4.79 Å². The fourth-order valence-corrected chi connectivity index (χ4v) is 1.74. The Morgan fingerprint density at radius 2 is 2.05 bits per heavy atom. The molecule has 2 rings (SSSR count). The van der Waals surface area contributed by atoms with Gasteiger partial charge in [-0.25, -0.2) is 0 Å². The molecule has 0 bridgehead atoms. The molecule has 2 aromatic rings. The molecular formula is C15H19N5O. The Kier molecular flexibility index (Phi) is 5.63. The lowest BCUT2D eigenvalue weighted by atomic mass is 10.2. The summed E-state index contributed by atoms with van der Waals surface area (Å²) in [6.45, 7) is 3.43. The minimum atomic E-state index is -0.222. The Hall–Kier alpha value is -2.50. The van der Waals surface area contributed by atoms with Crippen molar-refractivity contribution in [2.75, 3.05) is 18.4 Å². The van der Waals surface area contributed by atoms with E-state index < -0.39 is 0 Å². The van der Waals surface area contributed by atoms with Gasteiger partial charge in [0, 0.05) is 31.4 Å². The van der Waals surface area contributed by atoms with Gasteiger partial charge in [0.25, 0.3) is 5.91 Å². The number of pyridine rings is 1. The van der Waals surface area contributed by atoms with Crippen LogP contribution in [0.3, 0.4) is 0 Å². The third-order valence-corrected chi connectivity index (χ3v) is 2.85. The highest BCUT2D eigenvalue weighted by Gasteiger charge is 2.07. The van der Waals surface area contributed by atoms with Crippen LogP contribution in [-0.4, -0.2) is 34.2 Å². The third-order valence-electron chi connectivity index (χ3n) is 2.85. The third kappa shape index (κ3) is 4.83. The highest BCUT2D eigenvalue weighted by Crippen LogP contribution is 2.02. The van der Waals surface area contributed by atoms with Gasteiger partial charge >= 0.3 is 0 Å². The molecule has 0 saturated carbocycles. The summed E-state index contributed by atoms with van der Waals surface area (Å²) < 4.78 is 0. The zero-order valence-corrected chi connectivity index (χ0v) is 12.0. The first-order valence-electron chi connectivity index (χ1n) is 7.05. The zero-order valence-electron chi connectivity index (χ0n) is 12.0. The van der Waals surface area contributed by atoms with Gasteiger partial charge in [-0.15, -0.1) is 10.2 Å². The number of aromatic nitrogens is 3. The van der Waals surface area contributed by atoms with Crippen LogP contribution in [0.4, 0.5) is 5.82 Å². The first-order valence-corrected chi connectivity index (χ1v) is 7.05. The molecular weight excluding hydrogens is 266 g/mol. The van der Waals surface area contributed by atoms with Crippen LogP contribution in [0, 0.1) is 0 Å². The van der Waals surface area contributed by atoms with E-state index in [2.05, 4.69) is 32.7 Å². The maximum atomic E-state index is 11.9. The molecule has 2 N–H and O–H groups in total. The highest BCUT2D eigenvalue weighted by molar-refractivity contribution is 5.92. The molecule has 6 heteroatoms. The van der Waals surface area contributed by atoms with E-state index in [4.69, 9.17) is 0 Å². The molecule has 6 nitrogen and oxygen atoms in total. The second-order valence-electron chi connectivity index (χ2n) is 4.56. The SMILES string of the molecule is CCCNc1ccc(C(=O)NCCc2ccccn2)nn1. The monoisotopic (exact) mass is 285 g/mol. The lowest BCUT2D eigenvalue weighted by Gasteiger charge is -2.05. The standard InChI is InChI=1S/C15H19N5O/c1-2-9-17-14-7-6-13(19-20-14)15(21)18-11-8-12-5-3-4-10-16-12/h3-7,10H,2,8-9,11H2,1H3,(H,17,20)(H,18,21). The largest absolute Gasteiger partial charge is 0.369 e. The summed E-state index contributed by atoms with van der Waals surface area (Å²) in [7, 11) is 0. The van der Waals surface area contributed by atoms with E-state index in [1.54, 1.807) is 18.3 Å². The molecule has 0 aromatic carbocycles. The van der Waals surface area contributed by atoms with Crippen LogP contribution < -0.4 is 10.6 Å². The van der Waals surface area contributed by atoms with Crippen molar-refractivity contribution in [3.63, 3.8) is 0 Å². The van der Waals surface area contributed by atoms with Crippen LogP contribution in [0.1, 0.15) is 29.5 Å². The van der Waals surface area contributed by atoms with Crippen LogP contribution in [-0.2, 0) is 6.42 Å². The van der Waals surface area contributed by atoms with Gasteiger partial charge in [-0.2, -0.15) is 0 Å². The molecule has 0 atom stereocenters. The summed E-state index contributed by atoms with van der Waals surface area (Å²) in [5.74, 6) is 0.461. The number of anilines is 1. The second-order valence-corrected chi connectivity index (χ2v) is 4.56. The topological polar surface area (TPSA) is 79.8 Å². The van der Waals surface area contributed by atoms with Crippen molar-refractivity contribution in [1.29, 1.82) is 0 Å². The molecule has 0 aliphatic heterocycles. The van der Waals surface area contributed by atoms with Crippen LogP contribution in [0.15, 0.2) is 36.5 Å². The predicted octanol–water partition coefficient (Wildman–Crippen LogP) is 1.67. The molecule has 2 aromatic heterocycles. The van der Waals surface area contributed by atoms with Crippen molar-refractivity contribution in [3.05, 3.63) is 47.9 Å². The van der Waals surface area contributed by atoms with Gasteiger partial charge in [0.15, 0.2) is 5.69 Å². The smallest absolute Gasteiger partial charge is 0.271 e. The molecule has 0 spiro atoms. The molecule has 0 aliphatic carbocycles. The minimum absolute atomic E-state index is 0.222. The Balaban J connectivity index is 1.80. The van der Waals surface area contributed by atoms with Crippen LogP contribution in [0.5, 0.6) is 0 Å². The Morgan fingerprint density at radius 1 is 1.14 bits per heavy atom. The van der Waals surface area contributed by atoms with Crippen LogP contribution in [0.25, 0.3) is 0 Å². The fourth-order valence-electron chi connectivity index (χ4n) is 1.74. The maximum absolute atomic E-state index is 11.9. The van der Waals surface area contributed by atoms with E-state index in [0.717, 1.165) is 18.7 Å². The normalized spacial score (nSPS) is 10.1.